The van der Waals surface area contributed by atoms with Crippen molar-refractivity contribution in [3.8, 4) is 0 Å². The quantitative estimate of drug-likeness (QED) is 0.889. The predicted molar refractivity (Wildman–Crippen MR) is 76.0 cm³/mol. The molecule has 0 aromatic heterocycles. The first-order valence-corrected chi connectivity index (χ1v) is 6.85. The van der Waals surface area contributed by atoms with E-state index in [0.29, 0.717) is 6.04 Å². The van der Waals surface area contributed by atoms with E-state index in [4.69, 9.17) is 0 Å². The van der Waals surface area contributed by atoms with Gasteiger partial charge < -0.3 is 10.0 Å². The van der Waals surface area contributed by atoms with Crippen LogP contribution < -0.4 is 4.90 Å². The highest BCUT2D eigenvalue weighted by Crippen LogP contribution is 2.27. The molecule has 1 aromatic carbocycles. The maximum absolute atomic E-state index is 9.84. The van der Waals surface area contributed by atoms with E-state index in [1.165, 1.54) is 5.69 Å². The van der Waals surface area contributed by atoms with Gasteiger partial charge in [-0.25, -0.2) is 0 Å². The molecule has 0 spiro atoms. The Kier molecular flexibility index (Phi) is 4.25. The van der Waals surface area contributed by atoms with Crippen LogP contribution in [-0.4, -0.2) is 42.2 Å². The molecule has 1 atom stereocenters. The molecule has 1 fully saturated rings. The van der Waals surface area contributed by atoms with Crippen molar-refractivity contribution >= 4 is 5.69 Å². The van der Waals surface area contributed by atoms with E-state index in [9.17, 15) is 5.11 Å². The molecule has 1 aliphatic rings. The second kappa shape index (κ2) is 5.72. The van der Waals surface area contributed by atoms with Crippen molar-refractivity contribution in [3.05, 3.63) is 29.8 Å². The van der Waals surface area contributed by atoms with Crippen LogP contribution in [-0.2, 0) is 0 Å². The predicted octanol–water partition coefficient (Wildman–Crippen LogP) is 2.27. The van der Waals surface area contributed by atoms with Crippen LogP contribution in [0.1, 0.15) is 32.4 Å². The average molecular weight is 248 g/mol. The number of nitrogens with zero attached hydrogens (tertiary/aromatic N) is 2. The van der Waals surface area contributed by atoms with Crippen LogP contribution >= 0.6 is 0 Å². The number of hydrogen-bond acceptors (Lipinski definition) is 3. The summed E-state index contributed by atoms with van der Waals surface area (Å²) in [4.78, 5) is 4.89. The van der Waals surface area contributed by atoms with Crippen LogP contribution in [0.3, 0.4) is 0 Å². The van der Waals surface area contributed by atoms with Crippen molar-refractivity contribution in [2.45, 2.75) is 32.9 Å². The minimum absolute atomic E-state index is 0.399. The number of rotatable bonds is 3. The number of piperazine rings is 1. The van der Waals surface area contributed by atoms with Crippen molar-refractivity contribution in [1.29, 1.82) is 0 Å². The summed E-state index contributed by atoms with van der Waals surface area (Å²) in [5, 5.41) is 9.84. The van der Waals surface area contributed by atoms with Gasteiger partial charge in [0.25, 0.3) is 0 Å². The van der Waals surface area contributed by atoms with E-state index in [0.717, 1.165) is 31.7 Å². The van der Waals surface area contributed by atoms with E-state index < -0.39 is 6.10 Å². The van der Waals surface area contributed by atoms with Gasteiger partial charge in [-0.2, -0.15) is 0 Å². The fourth-order valence-corrected chi connectivity index (χ4v) is 2.61. The second-order valence-corrected chi connectivity index (χ2v) is 5.35. The Labute approximate surface area is 110 Å². The molecule has 3 heteroatoms. The van der Waals surface area contributed by atoms with Crippen LogP contribution in [0, 0.1) is 0 Å². The Morgan fingerprint density at radius 3 is 2.17 bits per heavy atom. The minimum Gasteiger partial charge on any atom is -0.389 e. The number of benzene rings is 1. The van der Waals surface area contributed by atoms with E-state index in [1.54, 1.807) is 0 Å². The lowest BCUT2D eigenvalue weighted by Gasteiger charge is -2.39. The van der Waals surface area contributed by atoms with Crippen molar-refractivity contribution in [1.82, 2.24) is 4.90 Å². The molecule has 1 saturated heterocycles. The molecule has 0 amide bonds. The lowest BCUT2D eigenvalue weighted by atomic mass is 10.1. The molecule has 2 rings (SSSR count). The fourth-order valence-electron chi connectivity index (χ4n) is 2.61. The summed E-state index contributed by atoms with van der Waals surface area (Å²) >= 11 is 0. The van der Waals surface area contributed by atoms with Gasteiger partial charge in [0.1, 0.15) is 0 Å². The summed E-state index contributed by atoms with van der Waals surface area (Å²) < 4.78 is 0. The Morgan fingerprint density at radius 1 is 1.00 bits per heavy atom. The molecule has 1 aliphatic heterocycles. The van der Waals surface area contributed by atoms with Crippen LogP contribution in [0.25, 0.3) is 0 Å². The number of para-hydroxylation sites is 1. The van der Waals surface area contributed by atoms with E-state index >= 15 is 0 Å². The molecule has 0 unspecified atom stereocenters. The molecule has 0 saturated carbocycles. The molecule has 1 heterocycles. The van der Waals surface area contributed by atoms with Crippen molar-refractivity contribution in [2.24, 2.45) is 0 Å². The Bertz CT molecular complexity index is 382. The maximum Gasteiger partial charge on any atom is 0.0781 e. The summed E-state index contributed by atoms with van der Waals surface area (Å²) in [5.74, 6) is 0. The Morgan fingerprint density at radius 2 is 1.61 bits per heavy atom. The lowest BCUT2D eigenvalue weighted by molar-refractivity contribution is 0.196. The molecule has 1 aromatic rings. The molecule has 1 N–H and O–H groups in total. The molecule has 0 bridgehead atoms. The zero-order valence-electron chi connectivity index (χ0n) is 11.6. The van der Waals surface area contributed by atoms with E-state index in [2.05, 4.69) is 35.8 Å². The first kappa shape index (κ1) is 13.4. The van der Waals surface area contributed by atoms with Crippen molar-refractivity contribution in [3.63, 3.8) is 0 Å². The molecular formula is C15H24N2O. The summed E-state index contributed by atoms with van der Waals surface area (Å²) in [5.41, 5.74) is 2.23. The van der Waals surface area contributed by atoms with Gasteiger partial charge in [0.15, 0.2) is 0 Å². The highest BCUT2D eigenvalue weighted by molar-refractivity contribution is 5.54. The Balaban J connectivity index is 2.10. The average Bonchev–Trinajstić information content (AvgIpc) is 2.39. The van der Waals surface area contributed by atoms with Gasteiger partial charge in [-0.1, -0.05) is 18.2 Å². The first-order valence-electron chi connectivity index (χ1n) is 6.85. The number of aliphatic hydroxyl groups is 1. The normalized spacial score (nSPS) is 19.3. The summed E-state index contributed by atoms with van der Waals surface area (Å²) in [6.07, 6.45) is -0.399. The van der Waals surface area contributed by atoms with Crippen LogP contribution in [0.15, 0.2) is 24.3 Å². The second-order valence-electron chi connectivity index (χ2n) is 5.35. The number of anilines is 1. The topological polar surface area (TPSA) is 26.7 Å². The highest BCUT2D eigenvalue weighted by atomic mass is 16.3. The van der Waals surface area contributed by atoms with Gasteiger partial charge in [-0.3, -0.25) is 4.90 Å². The summed E-state index contributed by atoms with van der Waals surface area (Å²) in [7, 11) is 0. The molecule has 0 aliphatic carbocycles. The van der Waals surface area contributed by atoms with Crippen molar-refractivity contribution < 1.29 is 5.11 Å². The van der Waals surface area contributed by atoms with Crippen LogP contribution in [0.2, 0.25) is 0 Å². The van der Waals surface area contributed by atoms with E-state index in [-0.39, 0.29) is 0 Å². The van der Waals surface area contributed by atoms with Crippen LogP contribution in [0.4, 0.5) is 5.69 Å². The number of aliphatic hydroxyl groups excluding tert-OH is 1. The van der Waals surface area contributed by atoms with Crippen molar-refractivity contribution in [2.75, 3.05) is 31.1 Å². The van der Waals surface area contributed by atoms with Gasteiger partial charge >= 0.3 is 0 Å². The first-order chi connectivity index (χ1) is 8.59. The monoisotopic (exact) mass is 248 g/mol. The molecule has 100 valence electrons. The van der Waals surface area contributed by atoms with E-state index in [1.807, 2.05) is 19.1 Å². The van der Waals surface area contributed by atoms with Crippen LogP contribution in [0.5, 0.6) is 0 Å². The summed E-state index contributed by atoms with van der Waals surface area (Å²) in [6.45, 7) is 10.6. The third kappa shape index (κ3) is 2.85. The van der Waals surface area contributed by atoms with Gasteiger partial charge in [0.2, 0.25) is 0 Å². The third-order valence-electron chi connectivity index (χ3n) is 3.77. The standard InChI is InChI=1S/C15H24N2O/c1-12(2)16-8-10-17(11-9-16)15-7-5-4-6-14(15)13(3)18/h4-7,12-13,18H,8-11H2,1-3H3/t13-/m0/s1. The SMILES string of the molecule is CC(C)N1CCN(c2ccccc2[C@H](C)O)CC1. The maximum atomic E-state index is 9.84. The zero-order chi connectivity index (χ0) is 13.1. The number of hydrogen-bond donors (Lipinski definition) is 1. The molecule has 0 radical (unpaired) electrons. The van der Waals surface area contributed by atoms with Gasteiger partial charge in [-0.15, -0.1) is 0 Å². The molecule has 18 heavy (non-hydrogen) atoms. The molecule has 3 nitrogen and oxygen atoms in total. The smallest absolute Gasteiger partial charge is 0.0781 e. The van der Waals surface area contributed by atoms with Gasteiger partial charge in [0, 0.05) is 43.5 Å². The summed E-state index contributed by atoms with van der Waals surface area (Å²) in [6, 6.07) is 8.81. The molecular weight excluding hydrogens is 224 g/mol. The fraction of sp³-hybridized carbons (Fsp3) is 0.600. The van der Waals surface area contributed by atoms with Gasteiger partial charge in [-0.05, 0) is 26.8 Å². The highest BCUT2D eigenvalue weighted by Gasteiger charge is 2.21. The third-order valence-corrected chi connectivity index (χ3v) is 3.77. The lowest BCUT2D eigenvalue weighted by Crippen LogP contribution is -2.49. The Hall–Kier alpha value is -1.06. The zero-order valence-corrected chi connectivity index (χ0v) is 11.6. The minimum atomic E-state index is -0.399. The largest absolute Gasteiger partial charge is 0.389 e. The van der Waals surface area contributed by atoms with Gasteiger partial charge in [0.05, 0.1) is 6.10 Å².